The number of halogens is 1. The van der Waals surface area contributed by atoms with Gasteiger partial charge in [-0.15, -0.1) is 0 Å². The smallest absolute Gasteiger partial charge is 0.251 e. The van der Waals surface area contributed by atoms with E-state index in [9.17, 15) is 14.0 Å². The van der Waals surface area contributed by atoms with E-state index in [1.54, 1.807) is 42.5 Å². The number of carbonyl (C=O) groups is 2. The summed E-state index contributed by atoms with van der Waals surface area (Å²) in [6.07, 6.45) is 1.45. The van der Waals surface area contributed by atoms with Gasteiger partial charge in [-0.1, -0.05) is 36.4 Å². The first-order valence-corrected chi connectivity index (χ1v) is 8.00. The molecule has 2 aromatic carbocycles. The van der Waals surface area contributed by atoms with Crippen LogP contribution < -0.4 is 10.6 Å². The molecule has 0 saturated carbocycles. The normalized spacial score (nSPS) is 10.2. The molecular formula is C19H21FN2O2. The van der Waals surface area contributed by atoms with Crippen molar-refractivity contribution in [3.05, 3.63) is 71.5 Å². The molecule has 0 bridgehead atoms. The third-order valence-electron chi connectivity index (χ3n) is 3.58. The highest BCUT2D eigenvalue weighted by Gasteiger charge is 2.05. The molecule has 0 saturated heterocycles. The second-order valence-corrected chi connectivity index (χ2v) is 5.42. The third-order valence-corrected chi connectivity index (χ3v) is 3.58. The SMILES string of the molecule is O=C(CCCc1ccccc1F)NCCNC(=O)c1ccccc1. The fraction of sp³-hybridized carbons (Fsp3) is 0.263. The fourth-order valence-electron chi connectivity index (χ4n) is 2.30. The maximum atomic E-state index is 13.4. The number of hydrogen-bond donors (Lipinski definition) is 2. The van der Waals surface area contributed by atoms with Gasteiger partial charge in [-0.3, -0.25) is 9.59 Å². The second-order valence-electron chi connectivity index (χ2n) is 5.42. The fourth-order valence-corrected chi connectivity index (χ4v) is 2.30. The largest absolute Gasteiger partial charge is 0.354 e. The molecule has 126 valence electrons. The van der Waals surface area contributed by atoms with Crippen LogP contribution in [0.15, 0.2) is 54.6 Å². The zero-order valence-electron chi connectivity index (χ0n) is 13.4. The van der Waals surface area contributed by atoms with Crippen molar-refractivity contribution in [1.82, 2.24) is 10.6 Å². The summed E-state index contributed by atoms with van der Waals surface area (Å²) in [5.41, 5.74) is 1.22. The van der Waals surface area contributed by atoms with Crippen molar-refractivity contribution in [1.29, 1.82) is 0 Å². The molecule has 2 aromatic rings. The predicted octanol–water partition coefficient (Wildman–Crippen LogP) is 2.69. The van der Waals surface area contributed by atoms with Crippen LogP contribution in [0.25, 0.3) is 0 Å². The number of rotatable bonds is 8. The molecule has 0 aliphatic rings. The Hall–Kier alpha value is -2.69. The average molecular weight is 328 g/mol. The number of amides is 2. The van der Waals surface area contributed by atoms with Crippen molar-refractivity contribution in [2.75, 3.05) is 13.1 Å². The van der Waals surface area contributed by atoms with Gasteiger partial charge >= 0.3 is 0 Å². The summed E-state index contributed by atoms with van der Waals surface area (Å²) < 4.78 is 13.4. The summed E-state index contributed by atoms with van der Waals surface area (Å²) in [6, 6.07) is 15.5. The van der Waals surface area contributed by atoms with Crippen molar-refractivity contribution < 1.29 is 14.0 Å². The van der Waals surface area contributed by atoms with Crippen LogP contribution in [0, 0.1) is 5.82 Å². The molecule has 0 heterocycles. The Morgan fingerprint density at radius 1 is 0.875 bits per heavy atom. The Balaban J connectivity index is 1.58. The van der Waals surface area contributed by atoms with Crippen molar-refractivity contribution in [2.45, 2.75) is 19.3 Å². The topological polar surface area (TPSA) is 58.2 Å². The highest BCUT2D eigenvalue weighted by molar-refractivity contribution is 5.94. The number of nitrogens with one attached hydrogen (secondary N) is 2. The number of hydrogen-bond acceptors (Lipinski definition) is 2. The van der Waals surface area contributed by atoms with Gasteiger partial charge in [0.15, 0.2) is 0 Å². The lowest BCUT2D eigenvalue weighted by Gasteiger charge is -2.07. The molecule has 4 nitrogen and oxygen atoms in total. The molecule has 0 unspecified atom stereocenters. The first-order chi connectivity index (χ1) is 11.7. The van der Waals surface area contributed by atoms with Crippen molar-refractivity contribution in [2.24, 2.45) is 0 Å². The van der Waals surface area contributed by atoms with Gasteiger partial charge in [-0.2, -0.15) is 0 Å². The van der Waals surface area contributed by atoms with Crippen LogP contribution in [0.2, 0.25) is 0 Å². The first-order valence-electron chi connectivity index (χ1n) is 8.00. The lowest BCUT2D eigenvalue weighted by atomic mass is 10.1. The Bertz CT molecular complexity index is 674. The summed E-state index contributed by atoms with van der Waals surface area (Å²) >= 11 is 0. The lowest BCUT2D eigenvalue weighted by molar-refractivity contribution is -0.121. The minimum Gasteiger partial charge on any atom is -0.354 e. The lowest BCUT2D eigenvalue weighted by Crippen LogP contribution is -2.34. The molecule has 24 heavy (non-hydrogen) atoms. The highest BCUT2D eigenvalue weighted by Crippen LogP contribution is 2.09. The summed E-state index contributed by atoms with van der Waals surface area (Å²) in [5.74, 6) is -0.494. The van der Waals surface area contributed by atoms with Crippen molar-refractivity contribution >= 4 is 11.8 Å². The van der Waals surface area contributed by atoms with Crippen LogP contribution in [0.1, 0.15) is 28.8 Å². The number of aryl methyl sites for hydroxylation is 1. The van der Waals surface area contributed by atoms with Gasteiger partial charge in [0.2, 0.25) is 5.91 Å². The van der Waals surface area contributed by atoms with Gasteiger partial charge in [-0.05, 0) is 36.6 Å². The Morgan fingerprint density at radius 2 is 1.54 bits per heavy atom. The molecule has 0 atom stereocenters. The maximum Gasteiger partial charge on any atom is 0.251 e. The van der Waals surface area contributed by atoms with Crippen LogP contribution in [-0.2, 0) is 11.2 Å². The van der Waals surface area contributed by atoms with Gasteiger partial charge < -0.3 is 10.6 Å². The third kappa shape index (κ3) is 5.83. The van der Waals surface area contributed by atoms with E-state index in [1.165, 1.54) is 6.07 Å². The van der Waals surface area contributed by atoms with E-state index in [0.717, 1.165) is 0 Å². The van der Waals surface area contributed by atoms with Gasteiger partial charge in [0, 0.05) is 25.1 Å². The maximum absolute atomic E-state index is 13.4. The zero-order valence-corrected chi connectivity index (χ0v) is 13.4. The molecule has 5 heteroatoms. The average Bonchev–Trinajstić information content (AvgIpc) is 2.61. The van der Waals surface area contributed by atoms with E-state index in [0.29, 0.717) is 43.5 Å². The molecule has 2 N–H and O–H groups in total. The van der Waals surface area contributed by atoms with Crippen LogP contribution >= 0.6 is 0 Å². The Morgan fingerprint density at radius 3 is 2.29 bits per heavy atom. The highest BCUT2D eigenvalue weighted by atomic mass is 19.1. The predicted molar refractivity (Wildman–Crippen MR) is 91.1 cm³/mol. The van der Waals surface area contributed by atoms with Gasteiger partial charge in [0.05, 0.1) is 0 Å². The monoisotopic (exact) mass is 328 g/mol. The van der Waals surface area contributed by atoms with Crippen LogP contribution in [0.3, 0.4) is 0 Å². The molecule has 0 aromatic heterocycles. The van der Waals surface area contributed by atoms with Gasteiger partial charge in [0.1, 0.15) is 5.82 Å². The van der Waals surface area contributed by atoms with Gasteiger partial charge in [0.25, 0.3) is 5.91 Å². The molecular weight excluding hydrogens is 307 g/mol. The van der Waals surface area contributed by atoms with Crippen molar-refractivity contribution in [3.63, 3.8) is 0 Å². The zero-order chi connectivity index (χ0) is 17.2. The number of carbonyl (C=O) groups excluding carboxylic acids is 2. The summed E-state index contributed by atoms with van der Waals surface area (Å²) in [6.45, 7) is 0.740. The van der Waals surface area contributed by atoms with Gasteiger partial charge in [-0.25, -0.2) is 4.39 Å². The molecule has 2 amide bonds. The molecule has 0 aliphatic carbocycles. The minimum absolute atomic E-state index is 0.0969. The standard InChI is InChI=1S/C19H21FN2O2/c20-17-11-5-4-7-15(17)10-6-12-18(23)21-13-14-22-19(24)16-8-2-1-3-9-16/h1-5,7-9,11H,6,10,12-14H2,(H,21,23)(H,22,24). The van der Waals surface area contributed by atoms with E-state index >= 15 is 0 Å². The van der Waals surface area contributed by atoms with E-state index in [2.05, 4.69) is 10.6 Å². The summed E-state index contributed by atoms with van der Waals surface area (Å²) in [5, 5.41) is 5.48. The minimum atomic E-state index is -0.235. The van der Waals surface area contributed by atoms with Crippen LogP contribution in [0.4, 0.5) is 4.39 Å². The Kier molecular flexibility index (Phi) is 6.95. The van der Waals surface area contributed by atoms with Crippen molar-refractivity contribution in [3.8, 4) is 0 Å². The van der Waals surface area contributed by atoms with Crippen LogP contribution in [-0.4, -0.2) is 24.9 Å². The molecule has 0 radical (unpaired) electrons. The van der Waals surface area contributed by atoms with Crippen LogP contribution in [0.5, 0.6) is 0 Å². The number of benzene rings is 2. The van der Waals surface area contributed by atoms with E-state index in [1.807, 2.05) is 6.07 Å². The first kappa shape index (κ1) is 17.7. The summed E-state index contributed by atoms with van der Waals surface area (Å²) in [4.78, 5) is 23.5. The summed E-state index contributed by atoms with van der Waals surface area (Å²) in [7, 11) is 0. The van der Waals surface area contributed by atoms with E-state index in [-0.39, 0.29) is 17.6 Å². The van der Waals surface area contributed by atoms with E-state index in [4.69, 9.17) is 0 Å². The second kappa shape index (κ2) is 9.45. The molecule has 0 spiro atoms. The molecule has 0 aliphatic heterocycles. The molecule has 2 rings (SSSR count). The molecule has 0 fully saturated rings. The quantitative estimate of drug-likeness (QED) is 0.732. The Labute approximate surface area is 141 Å². The van der Waals surface area contributed by atoms with E-state index < -0.39 is 0 Å².